The molecular weight excluding hydrogens is 222 g/mol. The molecule has 1 fully saturated rings. The first-order valence-electron chi connectivity index (χ1n) is 7.15. The van der Waals surface area contributed by atoms with Crippen molar-refractivity contribution in [3.05, 3.63) is 17.5 Å². The van der Waals surface area contributed by atoms with Crippen molar-refractivity contribution in [2.75, 3.05) is 5.32 Å². The zero-order chi connectivity index (χ0) is 13.1. The van der Waals surface area contributed by atoms with E-state index in [9.17, 15) is 0 Å². The third-order valence-electron chi connectivity index (χ3n) is 3.97. The van der Waals surface area contributed by atoms with E-state index in [1.165, 1.54) is 25.7 Å². The first-order valence-corrected chi connectivity index (χ1v) is 7.15. The van der Waals surface area contributed by atoms with E-state index < -0.39 is 0 Å². The van der Waals surface area contributed by atoms with Crippen molar-refractivity contribution in [2.45, 2.75) is 59.4 Å². The van der Waals surface area contributed by atoms with E-state index in [1.807, 2.05) is 19.9 Å². The van der Waals surface area contributed by atoms with E-state index in [4.69, 9.17) is 0 Å². The van der Waals surface area contributed by atoms with Gasteiger partial charge >= 0.3 is 0 Å². The highest BCUT2D eigenvalue weighted by Gasteiger charge is 2.27. The maximum absolute atomic E-state index is 4.50. The maximum atomic E-state index is 4.50. The Labute approximate surface area is 110 Å². The summed E-state index contributed by atoms with van der Waals surface area (Å²) in [5.41, 5.74) is 2.09. The molecule has 18 heavy (non-hydrogen) atoms. The average molecular weight is 247 g/mol. The molecule has 1 aromatic heterocycles. The lowest BCUT2D eigenvalue weighted by molar-refractivity contribution is 0.253. The van der Waals surface area contributed by atoms with Crippen molar-refractivity contribution in [1.82, 2.24) is 9.97 Å². The molecule has 2 rings (SSSR count). The number of hydrogen-bond donors (Lipinski definition) is 1. The number of aryl methyl sites for hydroxylation is 2. The van der Waals surface area contributed by atoms with E-state index in [-0.39, 0.29) is 0 Å². The first kappa shape index (κ1) is 13.3. The lowest BCUT2D eigenvalue weighted by Crippen LogP contribution is -2.35. The van der Waals surface area contributed by atoms with Gasteiger partial charge in [-0.2, -0.15) is 0 Å². The van der Waals surface area contributed by atoms with Crippen molar-refractivity contribution in [3.63, 3.8) is 0 Å². The second-order valence-corrected chi connectivity index (χ2v) is 5.92. The Hall–Kier alpha value is -1.12. The molecule has 0 saturated heterocycles. The quantitative estimate of drug-likeness (QED) is 0.884. The van der Waals surface area contributed by atoms with Crippen molar-refractivity contribution in [1.29, 1.82) is 0 Å². The monoisotopic (exact) mass is 247 g/mol. The number of nitrogens with one attached hydrogen (secondary N) is 1. The number of aromatic nitrogens is 2. The highest BCUT2D eigenvalue weighted by atomic mass is 15.1. The molecule has 100 valence electrons. The van der Waals surface area contributed by atoms with Crippen molar-refractivity contribution in [2.24, 2.45) is 11.8 Å². The second kappa shape index (κ2) is 5.68. The molecule has 3 heteroatoms. The van der Waals surface area contributed by atoms with E-state index in [0.29, 0.717) is 6.04 Å². The lowest BCUT2D eigenvalue weighted by Gasteiger charge is -2.34. The summed E-state index contributed by atoms with van der Waals surface area (Å²) in [5.74, 6) is 2.29. The molecule has 2 atom stereocenters. The number of nitrogens with zero attached hydrogens (tertiary/aromatic N) is 2. The summed E-state index contributed by atoms with van der Waals surface area (Å²) in [5, 5.41) is 3.57. The predicted molar refractivity (Wildman–Crippen MR) is 75.7 cm³/mol. The summed E-state index contributed by atoms with van der Waals surface area (Å²) < 4.78 is 0. The minimum absolute atomic E-state index is 0.542. The van der Waals surface area contributed by atoms with Gasteiger partial charge in [0.15, 0.2) is 0 Å². The average Bonchev–Trinajstić information content (AvgIpc) is 2.27. The molecule has 1 heterocycles. The summed E-state index contributed by atoms with van der Waals surface area (Å²) in [6, 6.07) is 2.56. The molecule has 1 saturated carbocycles. The van der Waals surface area contributed by atoms with Crippen molar-refractivity contribution >= 4 is 5.95 Å². The van der Waals surface area contributed by atoms with Gasteiger partial charge in [-0.3, -0.25) is 0 Å². The van der Waals surface area contributed by atoms with Gasteiger partial charge < -0.3 is 5.32 Å². The highest BCUT2D eigenvalue weighted by Crippen LogP contribution is 2.31. The Balaban J connectivity index is 2.10. The molecule has 3 nitrogen and oxygen atoms in total. The number of rotatable bonds is 3. The molecule has 0 aliphatic heterocycles. The molecule has 0 radical (unpaired) electrons. The van der Waals surface area contributed by atoms with Gasteiger partial charge in [-0.15, -0.1) is 0 Å². The molecular formula is C15H25N3. The fraction of sp³-hybridized carbons (Fsp3) is 0.733. The fourth-order valence-electron chi connectivity index (χ4n) is 3.09. The smallest absolute Gasteiger partial charge is 0.223 e. The molecule has 2 unspecified atom stereocenters. The molecule has 0 amide bonds. The molecule has 0 aromatic carbocycles. The van der Waals surface area contributed by atoms with Gasteiger partial charge in [0.2, 0.25) is 5.95 Å². The van der Waals surface area contributed by atoms with E-state index in [1.54, 1.807) is 0 Å². The van der Waals surface area contributed by atoms with Crippen LogP contribution in [0.5, 0.6) is 0 Å². The van der Waals surface area contributed by atoms with Crippen LogP contribution in [0.15, 0.2) is 6.07 Å². The van der Waals surface area contributed by atoms with Crippen LogP contribution in [0.2, 0.25) is 0 Å². The molecule has 0 bridgehead atoms. The van der Waals surface area contributed by atoms with E-state index in [0.717, 1.165) is 29.2 Å². The molecule has 1 N–H and O–H groups in total. The van der Waals surface area contributed by atoms with Crippen LogP contribution < -0.4 is 5.32 Å². The summed E-state index contributed by atoms with van der Waals surface area (Å²) in [7, 11) is 0. The van der Waals surface area contributed by atoms with E-state index >= 15 is 0 Å². The summed E-state index contributed by atoms with van der Waals surface area (Å²) >= 11 is 0. The van der Waals surface area contributed by atoms with Gasteiger partial charge in [-0.1, -0.05) is 26.7 Å². The number of anilines is 1. The second-order valence-electron chi connectivity index (χ2n) is 5.92. The van der Waals surface area contributed by atoms with Crippen LogP contribution in [0, 0.1) is 25.7 Å². The Kier molecular flexibility index (Phi) is 4.20. The maximum Gasteiger partial charge on any atom is 0.223 e. The third kappa shape index (κ3) is 3.21. The Bertz CT molecular complexity index is 380. The van der Waals surface area contributed by atoms with Gasteiger partial charge in [-0.25, -0.2) is 9.97 Å². The third-order valence-corrected chi connectivity index (χ3v) is 3.97. The Morgan fingerprint density at radius 1 is 1.11 bits per heavy atom. The van der Waals surface area contributed by atoms with Gasteiger partial charge in [0.1, 0.15) is 0 Å². The standard InChI is InChI=1S/C15H25N3/c1-10(2)13-7-5-6-8-14(13)18-15-16-11(3)9-12(4)17-15/h9-10,13-14H,5-8H2,1-4H3,(H,16,17,18). The molecule has 0 spiro atoms. The number of hydrogen-bond acceptors (Lipinski definition) is 3. The van der Waals surface area contributed by atoms with Gasteiger partial charge in [0, 0.05) is 17.4 Å². The normalized spacial score (nSPS) is 24.3. The van der Waals surface area contributed by atoms with Crippen molar-refractivity contribution < 1.29 is 0 Å². The summed E-state index contributed by atoms with van der Waals surface area (Å²) in [6.07, 6.45) is 5.28. The minimum Gasteiger partial charge on any atom is -0.351 e. The topological polar surface area (TPSA) is 37.8 Å². The first-order chi connectivity index (χ1) is 8.56. The zero-order valence-electron chi connectivity index (χ0n) is 12.0. The predicted octanol–water partition coefficient (Wildman–Crippen LogP) is 3.72. The van der Waals surface area contributed by atoms with Crippen LogP contribution in [0.25, 0.3) is 0 Å². The van der Waals surface area contributed by atoms with Crippen LogP contribution >= 0.6 is 0 Å². The zero-order valence-corrected chi connectivity index (χ0v) is 12.0. The molecule has 1 aliphatic carbocycles. The highest BCUT2D eigenvalue weighted by molar-refractivity contribution is 5.29. The largest absolute Gasteiger partial charge is 0.351 e. The van der Waals surface area contributed by atoms with Gasteiger partial charge in [0.05, 0.1) is 0 Å². The summed E-state index contributed by atoms with van der Waals surface area (Å²) in [6.45, 7) is 8.71. The lowest BCUT2D eigenvalue weighted by atomic mass is 9.78. The minimum atomic E-state index is 0.542. The summed E-state index contributed by atoms with van der Waals surface area (Å²) in [4.78, 5) is 9.00. The van der Waals surface area contributed by atoms with E-state index in [2.05, 4.69) is 29.1 Å². The van der Waals surface area contributed by atoms with Gasteiger partial charge in [-0.05, 0) is 44.6 Å². The van der Waals surface area contributed by atoms with Crippen LogP contribution in [-0.2, 0) is 0 Å². The van der Waals surface area contributed by atoms with Crippen molar-refractivity contribution in [3.8, 4) is 0 Å². The van der Waals surface area contributed by atoms with Crippen LogP contribution in [0.4, 0.5) is 5.95 Å². The van der Waals surface area contributed by atoms with Crippen LogP contribution in [0.1, 0.15) is 50.9 Å². The Morgan fingerprint density at radius 2 is 1.72 bits per heavy atom. The molecule has 1 aromatic rings. The van der Waals surface area contributed by atoms with Crippen LogP contribution in [0.3, 0.4) is 0 Å². The molecule has 1 aliphatic rings. The fourth-order valence-corrected chi connectivity index (χ4v) is 3.09. The SMILES string of the molecule is Cc1cc(C)nc(NC2CCCCC2C(C)C)n1. The van der Waals surface area contributed by atoms with Crippen LogP contribution in [-0.4, -0.2) is 16.0 Å². The van der Waals surface area contributed by atoms with Gasteiger partial charge in [0.25, 0.3) is 0 Å². The Morgan fingerprint density at radius 3 is 2.33 bits per heavy atom.